The van der Waals surface area contributed by atoms with Gasteiger partial charge < -0.3 is 9.47 Å². The first-order valence-corrected chi connectivity index (χ1v) is 13.6. The number of hydrogen-bond acceptors (Lipinski definition) is 5. The van der Waals surface area contributed by atoms with Gasteiger partial charge in [-0.15, -0.1) is 0 Å². The lowest BCUT2D eigenvalue weighted by Crippen LogP contribution is -2.34. The molecule has 1 saturated heterocycles. The summed E-state index contributed by atoms with van der Waals surface area (Å²) >= 11 is 19.6. The minimum absolute atomic E-state index is 0.218. The Hall–Kier alpha value is -1.86. The third kappa shape index (κ3) is 6.48. The molecule has 0 bridgehead atoms. The summed E-state index contributed by atoms with van der Waals surface area (Å²) in [5, 5.41) is 1.03. The van der Waals surface area contributed by atoms with E-state index < -0.39 is 0 Å². The average molecular weight is 555 g/mol. The molecular formula is C26H26Cl3NO4S. The normalized spacial score (nSPS) is 17.9. The van der Waals surface area contributed by atoms with E-state index in [4.69, 9.17) is 44.3 Å². The fourth-order valence-electron chi connectivity index (χ4n) is 4.30. The molecule has 0 unspecified atom stereocenters. The standard InChI is InChI=1S/C26H26Cl3NO4S/c1-2-33-22-12-18(11-21(29)24(22)34-15-17-8-9-19(27)20(28)10-17)13-23-25(31)30(26(32)35-23)14-16-6-4-3-5-7-16/h8-13,16H,2-7,14-15H2,1H3/b23-13+. The highest BCUT2D eigenvalue weighted by atomic mass is 35.5. The van der Waals surface area contributed by atoms with Crippen molar-refractivity contribution in [1.82, 2.24) is 4.90 Å². The van der Waals surface area contributed by atoms with E-state index in [9.17, 15) is 9.59 Å². The SMILES string of the molecule is CCOc1cc(/C=C2/SC(=O)N(CC3CCCCC3)C2=O)cc(Cl)c1OCc1ccc(Cl)c(Cl)c1. The van der Waals surface area contributed by atoms with Crippen LogP contribution in [-0.2, 0) is 11.4 Å². The molecule has 4 rings (SSSR count). The van der Waals surface area contributed by atoms with Gasteiger partial charge in [0, 0.05) is 6.54 Å². The van der Waals surface area contributed by atoms with E-state index in [1.54, 1.807) is 30.3 Å². The van der Waals surface area contributed by atoms with Crippen molar-refractivity contribution in [3.63, 3.8) is 0 Å². The van der Waals surface area contributed by atoms with Crippen LogP contribution in [0.5, 0.6) is 11.5 Å². The Morgan fingerprint density at radius 1 is 1.00 bits per heavy atom. The van der Waals surface area contributed by atoms with Gasteiger partial charge in [-0.1, -0.05) is 60.1 Å². The van der Waals surface area contributed by atoms with E-state index in [1.165, 1.54) is 11.3 Å². The quantitative estimate of drug-likeness (QED) is 0.308. The first-order valence-electron chi connectivity index (χ1n) is 11.6. The molecule has 1 aliphatic heterocycles. The van der Waals surface area contributed by atoms with Crippen molar-refractivity contribution in [2.75, 3.05) is 13.2 Å². The van der Waals surface area contributed by atoms with Crippen LogP contribution in [-0.4, -0.2) is 29.2 Å². The Bertz CT molecular complexity index is 1150. The van der Waals surface area contributed by atoms with Gasteiger partial charge in [-0.2, -0.15) is 0 Å². The Labute approximate surface area is 224 Å². The van der Waals surface area contributed by atoms with E-state index in [0.717, 1.165) is 43.0 Å². The minimum Gasteiger partial charge on any atom is -0.490 e. The fraction of sp³-hybridized carbons (Fsp3) is 0.385. The molecule has 0 aromatic heterocycles. The number of hydrogen-bond donors (Lipinski definition) is 0. The minimum atomic E-state index is -0.250. The highest BCUT2D eigenvalue weighted by Gasteiger charge is 2.36. The van der Waals surface area contributed by atoms with Crippen LogP contribution in [0, 0.1) is 5.92 Å². The van der Waals surface area contributed by atoms with Crippen molar-refractivity contribution in [3.05, 3.63) is 61.4 Å². The maximum absolute atomic E-state index is 13.0. The number of imide groups is 1. The number of amides is 2. The van der Waals surface area contributed by atoms with Gasteiger partial charge in [0.05, 0.1) is 26.6 Å². The van der Waals surface area contributed by atoms with E-state index in [2.05, 4.69) is 0 Å². The maximum Gasteiger partial charge on any atom is 0.293 e. The molecule has 0 N–H and O–H groups in total. The molecule has 2 amide bonds. The Morgan fingerprint density at radius 2 is 1.77 bits per heavy atom. The number of benzene rings is 2. The summed E-state index contributed by atoms with van der Waals surface area (Å²) in [5.41, 5.74) is 1.48. The summed E-state index contributed by atoms with van der Waals surface area (Å²) in [5.74, 6) is 0.983. The monoisotopic (exact) mass is 553 g/mol. The molecule has 2 aliphatic rings. The molecule has 5 nitrogen and oxygen atoms in total. The third-order valence-electron chi connectivity index (χ3n) is 6.04. The molecule has 0 spiro atoms. The van der Waals surface area contributed by atoms with Crippen molar-refractivity contribution >= 4 is 63.8 Å². The summed E-state index contributed by atoms with van der Waals surface area (Å²) in [4.78, 5) is 27.3. The number of halogens is 3. The maximum atomic E-state index is 13.0. The molecule has 2 aromatic rings. The summed E-state index contributed by atoms with van der Waals surface area (Å²) < 4.78 is 11.7. The van der Waals surface area contributed by atoms with Crippen LogP contribution in [0.15, 0.2) is 35.2 Å². The topological polar surface area (TPSA) is 55.8 Å². The number of carbonyl (C=O) groups is 2. The first kappa shape index (κ1) is 26.2. The van der Waals surface area contributed by atoms with E-state index in [-0.39, 0.29) is 17.8 Å². The van der Waals surface area contributed by atoms with Crippen molar-refractivity contribution in [3.8, 4) is 11.5 Å². The fourth-order valence-corrected chi connectivity index (χ4v) is 5.74. The number of nitrogens with zero attached hydrogens (tertiary/aromatic N) is 1. The van der Waals surface area contributed by atoms with Gasteiger partial charge in [-0.05, 0) is 78.9 Å². The molecule has 9 heteroatoms. The van der Waals surface area contributed by atoms with Crippen molar-refractivity contribution < 1.29 is 19.1 Å². The van der Waals surface area contributed by atoms with Gasteiger partial charge in [0.2, 0.25) is 0 Å². The van der Waals surface area contributed by atoms with Crippen LogP contribution in [0.2, 0.25) is 15.1 Å². The molecule has 0 radical (unpaired) electrons. The van der Waals surface area contributed by atoms with Crippen LogP contribution in [0.1, 0.15) is 50.2 Å². The second kappa shape index (κ2) is 11.9. The third-order valence-corrected chi connectivity index (χ3v) is 7.96. The van der Waals surface area contributed by atoms with Gasteiger partial charge in [0.1, 0.15) is 6.61 Å². The molecule has 1 aliphatic carbocycles. The van der Waals surface area contributed by atoms with Crippen LogP contribution in [0.4, 0.5) is 4.79 Å². The molecule has 186 valence electrons. The van der Waals surface area contributed by atoms with E-state index in [1.807, 2.05) is 13.0 Å². The Kier molecular flexibility index (Phi) is 8.92. The predicted molar refractivity (Wildman–Crippen MR) is 143 cm³/mol. The Balaban J connectivity index is 1.52. The summed E-state index contributed by atoms with van der Waals surface area (Å²) in [6.45, 7) is 2.98. The smallest absolute Gasteiger partial charge is 0.293 e. The molecular weight excluding hydrogens is 529 g/mol. The molecule has 35 heavy (non-hydrogen) atoms. The van der Waals surface area contributed by atoms with Crippen LogP contribution >= 0.6 is 46.6 Å². The Morgan fingerprint density at radius 3 is 2.49 bits per heavy atom. The molecule has 1 heterocycles. The highest BCUT2D eigenvalue weighted by molar-refractivity contribution is 8.18. The largest absolute Gasteiger partial charge is 0.490 e. The predicted octanol–water partition coefficient (Wildman–Crippen LogP) is 8.24. The first-order chi connectivity index (χ1) is 16.9. The number of rotatable bonds is 8. The van der Waals surface area contributed by atoms with Crippen LogP contribution < -0.4 is 9.47 Å². The lowest BCUT2D eigenvalue weighted by atomic mass is 9.89. The van der Waals surface area contributed by atoms with Crippen molar-refractivity contribution in [1.29, 1.82) is 0 Å². The summed E-state index contributed by atoms with van der Waals surface area (Å²) in [7, 11) is 0. The highest BCUT2D eigenvalue weighted by Crippen LogP contribution is 2.40. The van der Waals surface area contributed by atoms with Gasteiger partial charge >= 0.3 is 0 Å². The van der Waals surface area contributed by atoms with Gasteiger partial charge in [-0.25, -0.2) is 0 Å². The van der Waals surface area contributed by atoms with E-state index >= 15 is 0 Å². The lowest BCUT2D eigenvalue weighted by molar-refractivity contribution is -0.123. The lowest BCUT2D eigenvalue weighted by Gasteiger charge is -2.25. The van der Waals surface area contributed by atoms with Crippen LogP contribution in [0.25, 0.3) is 6.08 Å². The number of ether oxygens (including phenoxy) is 2. The van der Waals surface area contributed by atoms with E-state index in [0.29, 0.717) is 56.1 Å². The zero-order valence-electron chi connectivity index (χ0n) is 19.3. The average Bonchev–Trinajstić information content (AvgIpc) is 3.09. The number of thioether (sulfide) groups is 1. The summed E-state index contributed by atoms with van der Waals surface area (Å²) in [6.07, 6.45) is 7.37. The second-order valence-corrected chi connectivity index (χ2v) is 10.8. The van der Waals surface area contributed by atoms with Gasteiger partial charge in [0.15, 0.2) is 11.5 Å². The number of carbonyl (C=O) groups excluding carboxylic acids is 2. The summed E-state index contributed by atoms with van der Waals surface area (Å²) in [6, 6.07) is 8.71. The molecule has 0 atom stereocenters. The molecule has 2 aromatic carbocycles. The second-order valence-electron chi connectivity index (χ2n) is 8.60. The van der Waals surface area contributed by atoms with Gasteiger partial charge in [-0.3, -0.25) is 14.5 Å². The zero-order valence-corrected chi connectivity index (χ0v) is 22.4. The van der Waals surface area contributed by atoms with Crippen molar-refractivity contribution in [2.24, 2.45) is 5.92 Å². The van der Waals surface area contributed by atoms with Crippen molar-refractivity contribution in [2.45, 2.75) is 45.6 Å². The van der Waals surface area contributed by atoms with Crippen LogP contribution in [0.3, 0.4) is 0 Å². The van der Waals surface area contributed by atoms with Gasteiger partial charge in [0.25, 0.3) is 11.1 Å². The molecule has 1 saturated carbocycles. The zero-order chi connectivity index (χ0) is 24.9. The molecule has 2 fully saturated rings.